The lowest BCUT2D eigenvalue weighted by Gasteiger charge is -2.19. The van der Waals surface area contributed by atoms with Crippen LogP contribution in [-0.4, -0.2) is 54.3 Å². The average Bonchev–Trinajstić information content (AvgIpc) is 3.27. The highest BCUT2D eigenvalue weighted by Crippen LogP contribution is 2.14. The Morgan fingerprint density at radius 1 is 1.11 bits per heavy atom. The van der Waals surface area contributed by atoms with Crippen molar-refractivity contribution in [3.05, 3.63) is 0 Å². The second-order valence-electron chi connectivity index (χ2n) is 5.23. The van der Waals surface area contributed by atoms with Crippen molar-refractivity contribution in [1.29, 1.82) is 0 Å². The van der Waals surface area contributed by atoms with Gasteiger partial charge in [0.2, 0.25) is 0 Å². The number of rotatable bonds is 6. The number of hydrogen-bond donors (Lipinski definition) is 0. The molecule has 3 rings (SSSR count). The van der Waals surface area contributed by atoms with Gasteiger partial charge in [0.25, 0.3) is 0 Å². The van der Waals surface area contributed by atoms with Gasteiger partial charge in [-0.1, -0.05) is 19.8 Å². The van der Waals surface area contributed by atoms with Crippen LogP contribution in [0.3, 0.4) is 0 Å². The highest BCUT2D eigenvalue weighted by molar-refractivity contribution is 6.51. The Hall–Kier alpha value is 0.0569. The van der Waals surface area contributed by atoms with Crippen LogP contribution < -0.4 is 0 Å². The Morgan fingerprint density at radius 2 is 1.78 bits per heavy atom. The van der Waals surface area contributed by atoms with E-state index in [1.54, 1.807) is 0 Å². The first-order chi connectivity index (χ1) is 8.88. The smallest absolute Gasteiger partial charge is 0.176 e. The average molecular weight is 274 g/mol. The summed E-state index contributed by atoms with van der Waals surface area (Å²) in [7, 11) is -0.626. The molecule has 0 spiro atoms. The first-order valence-electron chi connectivity index (χ1n) is 7.31. The molecule has 0 aromatic carbocycles. The van der Waals surface area contributed by atoms with Crippen molar-refractivity contribution < 1.29 is 18.6 Å². The molecular weight excluding hydrogens is 248 g/mol. The van der Waals surface area contributed by atoms with E-state index in [4.69, 9.17) is 18.6 Å². The van der Waals surface area contributed by atoms with E-state index in [9.17, 15) is 0 Å². The second kappa shape index (κ2) is 8.27. The van der Waals surface area contributed by atoms with Gasteiger partial charge in [0.1, 0.15) is 12.2 Å². The van der Waals surface area contributed by atoms with E-state index >= 15 is 0 Å². The summed E-state index contributed by atoms with van der Waals surface area (Å²) in [4.78, 5) is 0. The molecule has 3 atom stereocenters. The van der Waals surface area contributed by atoms with E-state index in [0.717, 1.165) is 33.0 Å². The molecule has 0 N–H and O–H groups in total. The van der Waals surface area contributed by atoms with Gasteiger partial charge in [-0.05, 0) is 18.5 Å². The quantitative estimate of drug-likeness (QED) is 0.546. The predicted molar refractivity (Wildman–Crippen MR) is 72.5 cm³/mol. The molecule has 0 bridgehead atoms. The van der Waals surface area contributed by atoms with Gasteiger partial charge in [-0.15, -0.1) is 0 Å². The van der Waals surface area contributed by atoms with Gasteiger partial charge < -0.3 is 18.6 Å². The molecule has 0 aromatic rings. The molecule has 0 radical (unpaired) electrons. The third kappa shape index (κ3) is 6.85. The largest absolute Gasteiger partial charge is 0.420 e. The van der Waals surface area contributed by atoms with Crippen LogP contribution in [0.2, 0.25) is 12.1 Å². The molecule has 3 saturated heterocycles. The van der Waals surface area contributed by atoms with Crippen LogP contribution in [0, 0.1) is 0 Å². The lowest BCUT2D eigenvalue weighted by atomic mass is 10.4. The fourth-order valence-electron chi connectivity index (χ4n) is 2.02. The molecule has 3 heterocycles. The molecule has 0 amide bonds. The molecule has 106 valence electrons. The van der Waals surface area contributed by atoms with Crippen LogP contribution in [0.4, 0.5) is 0 Å². The van der Waals surface area contributed by atoms with Gasteiger partial charge >= 0.3 is 0 Å². The molecule has 3 aliphatic heterocycles. The third-order valence-electron chi connectivity index (χ3n) is 3.30. The molecule has 5 heteroatoms. The van der Waals surface area contributed by atoms with Crippen LogP contribution >= 0.6 is 0 Å². The minimum absolute atomic E-state index is 0.392. The molecule has 0 saturated carbocycles. The zero-order valence-corrected chi connectivity index (χ0v) is 12.6. The van der Waals surface area contributed by atoms with Crippen molar-refractivity contribution in [3.8, 4) is 0 Å². The fourth-order valence-corrected chi connectivity index (χ4v) is 4.53. The molecule has 18 heavy (non-hydrogen) atoms. The molecule has 0 aliphatic carbocycles. The van der Waals surface area contributed by atoms with Crippen LogP contribution in [0.1, 0.15) is 26.2 Å². The standard InChI is InChI=1S/C7H16OSi.C6H10O3/c1-2-6-9-7-4-3-5-8-9;1(5-3-8-5)7-2-6-4-9-6/h9H,2-7H2,1H3;5-6H,1-4H2. The molecule has 3 fully saturated rings. The van der Waals surface area contributed by atoms with Crippen LogP contribution in [0.15, 0.2) is 0 Å². The molecule has 0 aromatic heterocycles. The van der Waals surface area contributed by atoms with Crippen LogP contribution in [0.5, 0.6) is 0 Å². The number of hydrogen-bond acceptors (Lipinski definition) is 4. The zero-order valence-electron chi connectivity index (χ0n) is 11.4. The Morgan fingerprint density at radius 3 is 2.22 bits per heavy atom. The van der Waals surface area contributed by atoms with E-state index in [-0.39, 0.29) is 0 Å². The van der Waals surface area contributed by atoms with Crippen molar-refractivity contribution in [2.75, 3.05) is 33.0 Å². The monoisotopic (exact) mass is 274 g/mol. The van der Waals surface area contributed by atoms with Crippen molar-refractivity contribution in [1.82, 2.24) is 0 Å². The van der Waals surface area contributed by atoms with E-state index in [0.29, 0.717) is 12.2 Å². The Labute approximate surface area is 112 Å². The topological polar surface area (TPSA) is 43.5 Å². The van der Waals surface area contributed by atoms with Gasteiger partial charge in [0.15, 0.2) is 9.04 Å². The van der Waals surface area contributed by atoms with Crippen molar-refractivity contribution in [3.63, 3.8) is 0 Å². The molecule has 3 unspecified atom stereocenters. The molecular formula is C13H26O4Si. The highest BCUT2D eigenvalue weighted by atomic mass is 28.3. The van der Waals surface area contributed by atoms with E-state index in [2.05, 4.69) is 6.92 Å². The predicted octanol–water partition coefficient (Wildman–Crippen LogP) is 1.73. The normalized spacial score (nSPS) is 33.5. The number of ether oxygens (including phenoxy) is 3. The maximum absolute atomic E-state index is 5.66. The van der Waals surface area contributed by atoms with Gasteiger partial charge in [0, 0.05) is 6.61 Å². The summed E-state index contributed by atoms with van der Waals surface area (Å²) in [6, 6.07) is 2.84. The number of epoxide rings is 2. The first kappa shape index (κ1) is 14.5. The molecule has 3 aliphatic rings. The van der Waals surface area contributed by atoms with Crippen molar-refractivity contribution in [2.24, 2.45) is 0 Å². The summed E-state index contributed by atoms with van der Waals surface area (Å²) < 4.78 is 20.8. The summed E-state index contributed by atoms with van der Waals surface area (Å²) in [6.07, 6.45) is 4.87. The summed E-state index contributed by atoms with van der Waals surface area (Å²) in [5.41, 5.74) is 0. The highest BCUT2D eigenvalue weighted by Gasteiger charge is 2.26. The van der Waals surface area contributed by atoms with E-state index < -0.39 is 9.04 Å². The van der Waals surface area contributed by atoms with E-state index in [1.807, 2.05) is 0 Å². The second-order valence-corrected chi connectivity index (χ2v) is 7.96. The lowest BCUT2D eigenvalue weighted by Crippen LogP contribution is -2.22. The Kier molecular flexibility index (Phi) is 6.65. The van der Waals surface area contributed by atoms with Crippen molar-refractivity contribution >= 4 is 9.04 Å². The van der Waals surface area contributed by atoms with Gasteiger partial charge in [-0.25, -0.2) is 0 Å². The van der Waals surface area contributed by atoms with Crippen LogP contribution in [-0.2, 0) is 18.6 Å². The van der Waals surface area contributed by atoms with Crippen LogP contribution in [0.25, 0.3) is 0 Å². The Bertz CT molecular complexity index is 198. The lowest BCUT2D eigenvalue weighted by molar-refractivity contribution is 0.102. The van der Waals surface area contributed by atoms with Crippen molar-refractivity contribution in [2.45, 2.75) is 50.5 Å². The fraction of sp³-hybridized carbons (Fsp3) is 1.00. The zero-order chi connectivity index (χ0) is 12.6. The maximum Gasteiger partial charge on any atom is 0.176 e. The third-order valence-corrected chi connectivity index (χ3v) is 6.28. The van der Waals surface area contributed by atoms with Gasteiger partial charge in [-0.2, -0.15) is 0 Å². The summed E-state index contributed by atoms with van der Waals surface area (Å²) in [5.74, 6) is 0. The van der Waals surface area contributed by atoms with Gasteiger partial charge in [-0.3, -0.25) is 0 Å². The summed E-state index contributed by atoms with van der Waals surface area (Å²) in [5, 5.41) is 0. The molecule has 4 nitrogen and oxygen atoms in total. The first-order valence-corrected chi connectivity index (χ1v) is 9.41. The van der Waals surface area contributed by atoms with Gasteiger partial charge in [0.05, 0.1) is 26.4 Å². The van der Waals surface area contributed by atoms with E-state index in [1.165, 1.54) is 31.4 Å². The maximum atomic E-state index is 5.66. The minimum Gasteiger partial charge on any atom is -0.420 e. The SMILES string of the molecule is C(OCC1CO1)C1CO1.CCC[SiH]1CCCCO1. The Balaban J connectivity index is 0.000000134. The minimum atomic E-state index is -0.626. The summed E-state index contributed by atoms with van der Waals surface area (Å²) >= 11 is 0. The summed E-state index contributed by atoms with van der Waals surface area (Å²) in [6.45, 7) is 6.58.